The highest BCUT2D eigenvalue weighted by atomic mass is 35.5. The molecule has 0 saturated heterocycles. The van der Waals surface area contributed by atoms with Gasteiger partial charge in [0.15, 0.2) is 16.7 Å². The van der Waals surface area contributed by atoms with Gasteiger partial charge in [0.25, 0.3) is 0 Å². The van der Waals surface area contributed by atoms with Gasteiger partial charge in [0.2, 0.25) is 0 Å². The van der Waals surface area contributed by atoms with Crippen molar-refractivity contribution in [3.63, 3.8) is 0 Å². The van der Waals surface area contributed by atoms with Crippen LogP contribution in [0.5, 0.6) is 0 Å². The van der Waals surface area contributed by atoms with E-state index < -0.39 is 0 Å². The van der Waals surface area contributed by atoms with Gasteiger partial charge in [-0.1, -0.05) is 40.5 Å². The van der Waals surface area contributed by atoms with Crippen LogP contribution in [0.4, 0.5) is 5.82 Å². The molecule has 5 rings (SSSR count). The molecule has 0 aliphatic carbocycles. The molecule has 3 heterocycles. The lowest BCUT2D eigenvalue weighted by Gasteiger charge is -2.27. The molecule has 0 saturated carbocycles. The standard InChI is InChI=1S/C20H14Cl2N4O/c21-13-7-5-12(6-8-13)18-14-11-26(10-9-15(14)25-27-18)20-19(22)23-16-3-1-2-4-17(16)24-20/h1-8H,9-11H2. The monoisotopic (exact) mass is 396 g/mol. The normalized spacial score (nSPS) is 13.8. The summed E-state index contributed by atoms with van der Waals surface area (Å²) < 4.78 is 5.64. The fourth-order valence-electron chi connectivity index (χ4n) is 3.39. The highest BCUT2D eigenvalue weighted by molar-refractivity contribution is 6.32. The molecule has 0 atom stereocenters. The molecular formula is C20H14Cl2N4O. The molecule has 1 aliphatic rings. The van der Waals surface area contributed by atoms with Crippen molar-refractivity contribution in [2.45, 2.75) is 13.0 Å². The molecular weight excluding hydrogens is 383 g/mol. The van der Waals surface area contributed by atoms with E-state index >= 15 is 0 Å². The second kappa shape index (κ2) is 6.51. The minimum absolute atomic E-state index is 0.404. The summed E-state index contributed by atoms with van der Waals surface area (Å²) in [7, 11) is 0. The second-order valence-corrected chi connectivity index (χ2v) is 7.24. The summed E-state index contributed by atoms with van der Waals surface area (Å²) in [5.74, 6) is 1.44. The largest absolute Gasteiger partial charge is 0.356 e. The number of benzene rings is 2. The van der Waals surface area contributed by atoms with Crippen molar-refractivity contribution < 1.29 is 4.52 Å². The van der Waals surface area contributed by atoms with Crippen molar-refractivity contribution in [1.29, 1.82) is 0 Å². The number of halogens is 2. The van der Waals surface area contributed by atoms with E-state index in [0.29, 0.717) is 22.5 Å². The smallest absolute Gasteiger partial charge is 0.172 e. The Bertz CT molecular complexity index is 1140. The molecule has 4 aromatic rings. The van der Waals surface area contributed by atoms with E-state index in [4.69, 9.17) is 32.7 Å². The number of rotatable bonds is 2. The Morgan fingerprint density at radius 3 is 2.44 bits per heavy atom. The maximum atomic E-state index is 6.44. The lowest BCUT2D eigenvalue weighted by atomic mass is 10.0. The highest BCUT2D eigenvalue weighted by Crippen LogP contribution is 2.34. The van der Waals surface area contributed by atoms with Crippen LogP contribution >= 0.6 is 23.2 Å². The summed E-state index contributed by atoms with van der Waals surface area (Å²) in [6.07, 6.45) is 0.761. The number of para-hydroxylation sites is 2. The Morgan fingerprint density at radius 1 is 0.926 bits per heavy atom. The van der Waals surface area contributed by atoms with Gasteiger partial charge in [0.05, 0.1) is 23.3 Å². The third-order valence-corrected chi connectivity index (χ3v) is 5.26. The van der Waals surface area contributed by atoms with E-state index in [2.05, 4.69) is 15.0 Å². The zero-order valence-corrected chi connectivity index (χ0v) is 15.7. The molecule has 134 valence electrons. The van der Waals surface area contributed by atoms with Crippen LogP contribution in [0.3, 0.4) is 0 Å². The zero-order valence-electron chi connectivity index (χ0n) is 14.2. The van der Waals surface area contributed by atoms with Gasteiger partial charge in [-0.25, -0.2) is 9.97 Å². The molecule has 2 aromatic carbocycles. The molecule has 0 spiro atoms. The van der Waals surface area contributed by atoms with Gasteiger partial charge >= 0.3 is 0 Å². The maximum Gasteiger partial charge on any atom is 0.172 e. The van der Waals surface area contributed by atoms with Gasteiger partial charge in [-0.15, -0.1) is 0 Å². The van der Waals surface area contributed by atoms with Gasteiger partial charge in [0.1, 0.15) is 0 Å². The van der Waals surface area contributed by atoms with Crippen molar-refractivity contribution in [2.75, 3.05) is 11.4 Å². The molecule has 0 bridgehead atoms. The first kappa shape index (κ1) is 16.5. The van der Waals surface area contributed by atoms with Gasteiger partial charge in [-0.2, -0.15) is 0 Å². The number of aromatic nitrogens is 3. The van der Waals surface area contributed by atoms with Gasteiger partial charge in [-0.05, 0) is 36.4 Å². The van der Waals surface area contributed by atoms with E-state index in [1.807, 2.05) is 48.5 Å². The summed E-state index contributed by atoms with van der Waals surface area (Å²) in [6, 6.07) is 15.3. The Kier molecular flexibility index (Phi) is 3.99. The quantitative estimate of drug-likeness (QED) is 0.468. The van der Waals surface area contributed by atoms with Crippen LogP contribution in [0.25, 0.3) is 22.4 Å². The van der Waals surface area contributed by atoms with E-state index in [-0.39, 0.29) is 0 Å². The maximum absolute atomic E-state index is 6.44. The molecule has 1 aliphatic heterocycles. The first-order valence-corrected chi connectivity index (χ1v) is 9.35. The molecule has 0 fully saturated rings. The fourth-order valence-corrected chi connectivity index (χ4v) is 3.77. The van der Waals surface area contributed by atoms with Crippen LogP contribution in [0, 0.1) is 0 Å². The first-order valence-electron chi connectivity index (χ1n) is 8.59. The summed E-state index contributed by atoms with van der Waals surface area (Å²) >= 11 is 12.4. The summed E-state index contributed by atoms with van der Waals surface area (Å²) in [6.45, 7) is 1.37. The van der Waals surface area contributed by atoms with Gasteiger partial charge in [0, 0.05) is 29.1 Å². The molecule has 0 unspecified atom stereocenters. The third kappa shape index (κ3) is 2.93. The van der Waals surface area contributed by atoms with Crippen molar-refractivity contribution >= 4 is 40.1 Å². The summed E-state index contributed by atoms with van der Waals surface area (Å²) in [5, 5.41) is 5.34. The van der Waals surface area contributed by atoms with Crippen LogP contribution in [-0.4, -0.2) is 21.7 Å². The molecule has 0 radical (unpaired) electrons. The Labute approximate surface area is 165 Å². The Balaban J connectivity index is 1.54. The molecule has 7 heteroatoms. The highest BCUT2D eigenvalue weighted by Gasteiger charge is 2.27. The predicted molar refractivity (Wildman–Crippen MR) is 106 cm³/mol. The van der Waals surface area contributed by atoms with Gasteiger partial charge in [-0.3, -0.25) is 0 Å². The summed E-state index contributed by atoms with van der Waals surface area (Å²) in [5.41, 5.74) is 4.59. The SMILES string of the molecule is Clc1ccc(-c2onc3c2CN(c2nc4ccccc4nc2Cl)CC3)cc1. The fraction of sp³-hybridized carbons (Fsp3) is 0.150. The van der Waals surface area contributed by atoms with E-state index in [9.17, 15) is 0 Å². The van der Waals surface area contributed by atoms with Crippen LogP contribution in [0.2, 0.25) is 10.2 Å². The number of hydrogen-bond acceptors (Lipinski definition) is 5. The average Bonchev–Trinajstić information content (AvgIpc) is 3.11. The van der Waals surface area contributed by atoms with Crippen LogP contribution < -0.4 is 4.90 Å². The minimum Gasteiger partial charge on any atom is -0.356 e. The number of hydrogen-bond donors (Lipinski definition) is 0. The number of nitrogens with zero attached hydrogens (tertiary/aromatic N) is 4. The molecule has 2 aromatic heterocycles. The van der Waals surface area contributed by atoms with Crippen LogP contribution in [0.15, 0.2) is 53.1 Å². The van der Waals surface area contributed by atoms with Gasteiger partial charge < -0.3 is 9.42 Å². The summed E-state index contributed by atoms with van der Waals surface area (Å²) in [4.78, 5) is 11.4. The lowest BCUT2D eigenvalue weighted by molar-refractivity contribution is 0.424. The average molecular weight is 397 g/mol. The van der Waals surface area contributed by atoms with Crippen molar-refractivity contribution in [3.05, 3.63) is 70.0 Å². The Hall–Kier alpha value is -2.63. The lowest BCUT2D eigenvalue weighted by Crippen LogP contribution is -2.31. The van der Waals surface area contributed by atoms with Crippen LogP contribution in [-0.2, 0) is 13.0 Å². The zero-order chi connectivity index (χ0) is 18.4. The molecule has 0 amide bonds. The van der Waals surface area contributed by atoms with Crippen molar-refractivity contribution in [3.8, 4) is 11.3 Å². The van der Waals surface area contributed by atoms with Crippen molar-refractivity contribution in [1.82, 2.24) is 15.1 Å². The Morgan fingerprint density at radius 2 is 1.67 bits per heavy atom. The third-order valence-electron chi connectivity index (χ3n) is 4.75. The second-order valence-electron chi connectivity index (χ2n) is 6.44. The predicted octanol–water partition coefficient (Wildman–Crippen LogP) is 5.15. The van der Waals surface area contributed by atoms with E-state index in [1.165, 1.54) is 0 Å². The molecule has 5 nitrogen and oxygen atoms in total. The molecule has 0 N–H and O–H groups in total. The first-order chi connectivity index (χ1) is 13.2. The molecule has 27 heavy (non-hydrogen) atoms. The van der Waals surface area contributed by atoms with Crippen molar-refractivity contribution in [2.24, 2.45) is 0 Å². The number of anilines is 1. The van der Waals surface area contributed by atoms with E-state index in [1.54, 1.807) is 0 Å². The van der Waals surface area contributed by atoms with Crippen LogP contribution in [0.1, 0.15) is 11.3 Å². The number of fused-ring (bicyclic) bond motifs is 2. The van der Waals surface area contributed by atoms with E-state index in [0.717, 1.165) is 46.6 Å². The minimum atomic E-state index is 0.404. The topological polar surface area (TPSA) is 55.1 Å².